The van der Waals surface area contributed by atoms with Crippen molar-refractivity contribution in [3.8, 4) is 11.5 Å². The summed E-state index contributed by atoms with van der Waals surface area (Å²) in [5, 5.41) is 14.5. The molecule has 2 aromatic rings. The molecule has 5 heteroatoms. The molecule has 1 aromatic carbocycles. The lowest BCUT2D eigenvalue weighted by Gasteiger charge is -2.22. The molecule has 0 amide bonds. The van der Waals surface area contributed by atoms with Crippen LogP contribution in [0, 0.1) is 6.92 Å². The Morgan fingerprint density at radius 1 is 1.27 bits per heavy atom. The van der Waals surface area contributed by atoms with Crippen molar-refractivity contribution in [3.05, 3.63) is 46.8 Å². The van der Waals surface area contributed by atoms with E-state index in [0.717, 1.165) is 32.2 Å². The molecule has 0 aliphatic heterocycles. The number of rotatable bonds is 7. The zero-order valence-corrected chi connectivity index (χ0v) is 15.5. The van der Waals surface area contributed by atoms with Gasteiger partial charge < -0.3 is 9.84 Å². The molecule has 0 saturated heterocycles. The number of aromatic nitrogens is 2. The quantitative estimate of drug-likeness (QED) is 0.742. The summed E-state index contributed by atoms with van der Waals surface area (Å²) >= 11 is 0. The van der Waals surface area contributed by atoms with E-state index in [1.165, 1.54) is 23.3 Å². The molecule has 138 valence electrons. The predicted octanol–water partition coefficient (Wildman–Crippen LogP) is 4.53. The fourth-order valence-corrected chi connectivity index (χ4v) is 3.52. The molecule has 0 saturated carbocycles. The number of aryl methyl sites for hydroxylation is 2. The maximum atomic E-state index is 11.4. The van der Waals surface area contributed by atoms with Crippen LogP contribution >= 0.6 is 0 Å². The maximum Gasteiger partial charge on any atom is 0.157 e. The average molecular weight is 354 g/mol. The molecule has 0 unspecified atom stereocenters. The van der Waals surface area contributed by atoms with Crippen molar-refractivity contribution in [2.24, 2.45) is 0 Å². The second kappa shape index (κ2) is 8.21. The van der Waals surface area contributed by atoms with Crippen LogP contribution < -0.4 is 4.74 Å². The lowest BCUT2D eigenvalue weighted by molar-refractivity contribution is 0.111. The SMILES string of the molecule is CCCn1nccc1C1=C(COc2ccc(C)c(O)c2C=O)CCCC1. The highest BCUT2D eigenvalue weighted by Gasteiger charge is 2.19. The van der Waals surface area contributed by atoms with Crippen LogP contribution in [-0.2, 0) is 6.54 Å². The van der Waals surface area contributed by atoms with Gasteiger partial charge in [-0.1, -0.05) is 13.0 Å². The van der Waals surface area contributed by atoms with Crippen LogP contribution in [0.25, 0.3) is 5.57 Å². The second-order valence-corrected chi connectivity index (χ2v) is 6.78. The van der Waals surface area contributed by atoms with Gasteiger partial charge >= 0.3 is 0 Å². The van der Waals surface area contributed by atoms with Crippen molar-refractivity contribution in [2.45, 2.75) is 52.5 Å². The third-order valence-corrected chi connectivity index (χ3v) is 4.94. The number of aromatic hydroxyl groups is 1. The Labute approximate surface area is 154 Å². The van der Waals surface area contributed by atoms with Crippen LogP contribution in [-0.4, -0.2) is 27.8 Å². The van der Waals surface area contributed by atoms with Gasteiger partial charge in [0.15, 0.2) is 6.29 Å². The first-order valence-corrected chi connectivity index (χ1v) is 9.29. The van der Waals surface area contributed by atoms with Gasteiger partial charge in [0.25, 0.3) is 0 Å². The average Bonchev–Trinajstić information content (AvgIpc) is 3.11. The van der Waals surface area contributed by atoms with Gasteiger partial charge in [-0.2, -0.15) is 5.10 Å². The minimum atomic E-state index is -0.00336. The number of phenols is 1. The standard InChI is InChI=1S/C21H26N2O3/c1-3-12-23-19(10-11-22-23)17-7-5-4-6-16(17)14-26-20-9-8-15(2)21(25)18(20)13-24/h8-11,13,25H,3-7,12,14H2,1-2H3. The number of ether oxygens (including phenoxy) is 1. The number of aldehydes is 1. The number of phenolic OH excluding ortho intramolecular Hbond substituents is 1. The molecule has 26 heavy (non-hydrogen) atoms. The molecule has 1 aliphatic rings. The number of carbonyl (C=O) groups is 1. The van der Waals surface area contributed by atoms with E-state index in [2.05, 4.69) is 22.8 Å². The fourth-order valence-electron chi connectivity index (χ4n) is 3.52. The second-order valence-electron chi connectivity index (χ2n) is 6.78. The molecular weight excluding hydrogens is 328 g/mol. The lowest BCUT2D eigenvalue weighted by atomic mass is 9.90. The molecule has 0 atom stereocenters. The van der Waals surface area contributed by atoms with Gasteiger partial charge in [0.2, 0.25) is 0 Å². The van der Waals surface area contributed by atoms with Crippen molar-refractivity contribution < 1.29 is 14.6 Å². The summed E-state index contributed by atoms with van der Waals surface area (Å²) in [6, 6.07) is 5.60. The van der Waals surface area contributed by atoms with Crippen LogP contribution in [0.3, 0.4) is 0 Å². The van der Waals surface area contributed by atoms with Gasteiger partial charge in [0.1, 0.15) is 18.1 Å². The van der Waals surface area contributed by atoms with Crippen molar-refractivity contribution >= 4 is 11.9 Å². The third-order valence-electron chi connectivity index (χ3n) is 4.94. The van der Waals surface area contributed by atoms with Gasteiger partial charge in [0.05, 0.1) is 11.3 Å². The molecule has 0 bridgehead atoms. The molecule has 1 aliphatic carbocycles. The Bertz CT molecular complexity index is 821. The van der Waals surface area contributed by atoms with Crippen LogP contribution in [0.15, 0.2) is 30.0 Å². The zero-order valence-electron chi connectivity index (χ0n) is 15.5. The molecule has 0 spiro atoms. The molecule has 5 nitrogen and oxygen atoms in total. The highest BCUT2D eigenvalue weighted by atomic mass is 16.5. The van der Waals surface area contributed by atoms with E-state index in [1.807, 2.05) is 6.20 Å². The molecule has 3 rings (SSSR count). The number of allylic oxidation sites excluding steroid dienone is 1. The Hall–Kier alpha value is -2.56. The molecule has 0 radical (unpaired) electrons. The topological polar surface area (TPSA) is 64.3 Å². The first-order valence-electron chi connectivity index (χ1n) is 9.29. The summed E-state index contributed by atoms with van der Waals surface area (Å²) in [7, 11) is 0. The number of carbonyl (C=O) groups excluding carboxylic acids is 1. The van der Waals surface area contributed by atoms with Crippen molar-refractivity contribution in [1.82, 2.24) is 9.78 Å². The van der Waals surface area contributed by atoms with E-state index < -0.39 is 0 Å². The zero-order chi connectivity index (χ0) is 18.5. The monoisotopic (exact) mass is 354 g/mol. The van der Waals surface area contributed by atoms with Crippen LogP contribution in [0.1, 0.15) is 60.6 Å². The van der Waals surface area contributed by atoms with E-state index in [0.29, 0.717) is 24.2 Å². The first-order chi connectivity index (χ1) is 12.7. The van der Waals surface area contributed by atoms with E-state index >= 15 is 0 Å². The summed E-state index contributed by atoms with van der Waals surface area (Å²) in [6.07, 6.45) is 7.87. The predicted molar refractivity (Wildman–Crippen MR) is 102 cm³/mol. The minimum Gasteiger partial charge on any atom is -0.507 e. The van der Waals surface area contributed by atoms with Gasteiger partial charge in [-0.05, 0) is 67.9 Å². The molecule has 1 heterocycles. The van der Waals surface area contributed by atoms with Gasteiger partial charge in [-0.25, -0.2) is 0 Å². The maximum absolute atomic E-state index is 11.4. The minimum absolute atomic E-state index is 0.00336. The number of benzene rings is 1. The Balaban J connectivity index is 1.87. The molecule has 0 fully saturated rings. The van der Waals surface area contributed by atoms with Crippen LogP contribution in [0.2, 0.25) is 0 Å². The normalized spacial score (nSPS) is 14.5. The van der Waals surface area contributed by atoms with Gasteiger partial charge in [-0.15, -0.1) is 0 Å². The van der Waals surface area contributed by atoms with Crippen molar-refractivity contribution in [2.75, 3.05) is 6.61 Å². The van der Waals surface area contributed by atoms with Crippen molar-refractivity contribution in [3.63, 3.8) is 0 Å². The Kier molecular flexibility index (Phi) is 5.76. The highest BCUT2D eigenvalue weighted by molar-refractivity contribution is 5.84. The Morgan fingerprint density at radius 3 is 2.85 bits per heavy atom. The molecular formula is C21H26N2O3. The summed E-state index contributed by atoms with van der Waals surface area (Å²) in [6.45, 7) is 5.25. The van der Waals surface area contributed by atoms with Crippen LogP contribution in [0.5, 0.6) is 11.5 Å². The van der Waals surface area contributed by atoms with E-state index in [1.54, 1.807) is 19.1 Å². The number of hydrogen-bond donors (Lipinski definition) is 1. The van der Waals surface area contributed by atoms with E-state index in [-0.39, 0.29) is 11.3 Å². The van der Waals surface area contributed by atoms with Gasteiger partial charge in [0, 0.05) is 12.7 Å². The summed E-state index contributed by atoms with van der Waals surface area (Å²) in [5.41, 5.74) is 4.63. The first kappa shape index (κ1) is 18.2. The lowest BCUT2D eigenvalue weighted by Crippen LogP contribution is -2.12. The molecule has 1 N–H and O–H groups in total. The molecule has 1 aromatic heterocycles. The summed E-state index contributed by atoms with van der Waals surface area (Å²) in [4.78, 5) is 11.4. The van der Waals surface area contributed by atoms with E-state index in [9.17, 15) is 9.90 Å². The largest absolute Gasteiger partial charge is 0.507 e. The number of hydrogen-bond acceptors (Lipinski definition) is 4. The Morgan fingerprint density at radius 2 is 2.08 bits per heavy atom. The van der Waals surface area contributed by atoms with E-state index in [4.69, 9.17) is 4.74 Å². The highest BCUT2D eigenvalue weighted by Crippen LogP contribution is 2.34. The van der Waals surface area contributed by atoms with Gasteiger partial charge in [-0.3, -0.25) is 9.48 Å². The summed E-state index contributed by atoms with van der Waals surface area (Å²) in [5.74, 6) is 0.430. The van der Waals surface area contributed by atoms with Crippen molar-refractivity contribution in [1.29, 1.82) is 0 Å². The van der Waals surface area contributed by atoms with Crippen LogP contribution in [0.4, 0.5) is 0 Å². The third kappa shape index (κ3) is 3.66. The summed E-state index contributed by atoms with van der Waals surface area (Å²) < 4.78 is 8.02. The number of nitrogens with zero attached hydrogens (tertiary/aromatic N) is 2. The fraction of sp³-hybridized carbons (Fsp3) is 0.429. The smallest absolute Gasteiger partial charge is 0.157 e.